The van der Waals surface area contributed by atoms with Crippen LogP contribution in [0.25, 0.3) is 33.6 Å². The average molecular weight is 964 g/mol. The summed E-state index contributed by atoms with van der Waals surface area (Å²) < 4.78 is 19.1. The number of unbranched alkanes of at least 4 members (excludes halogenated alkanes) is 1. The highest BCUT2D eigenvalue weighted by molar-refractivity contribution is 9.10. The molecule has 342 valence electrons. The smallest absolute Gasteiger partial charge is 0.408 e. The van der Waals surface area contributed by atoms with Gasteiger partial charge in [-0.3, -0.25) is 9.69 Å². The van der Waals surface area contributed by atoms with Crippen LogP contribution in [0.3, 0.4) is 0 Å². The highest BCUT2D eigenvalue weighted by atomic mass is 79.9. The number of hydrogen-bond donors (Lipinski definition) is 1. The number of amides is 2. The van der Waals surface area contributed by atoms with Gasteiger partial charge in [0.05, 0.1) is 26.2 Å². The Balaban J connectivity index is 1.27. The fraction of sp³-hybridized carbons (Fsp3) is 0.250. The maximum Gasteiger partial charge on any atom is 0.408 e. The number of benzene rings is 4. The number of hydrogen-bond acceptors (Lipinski definition) is 10. The predicted molar refractivity (Wildman–Crippen MR) is 259 cm³/mol. The molecule has 2 amide bonds. The van der Waals surface area contributed by atoms with E-state index in [4.69, 9.17) is 34.3 Å². The summed E-state index contributed by atoms with van der Waals surface area (Å²) in [5.74, 6) is -0.140. The first kappa shape index (κ1) is 46.2. The van der Waals surface area contributed by atoms with Crippen LogP contribution in [0.5, 0.6) is 0 Å². The number of likely N-dealkylation sites (N-methyl/N-ethyl adjacent to an activating group) is 1. The minimum Gasteiger partial charge on any atom is -0.472 e. The van der Waals surface area contributed by atoms with Gasteiger partial charge in [-0.1, -0.05) is 129 Å². The molecule has 2 aliphatic rings. The molecule has 0 spiro atoms. The SMILES string of the molecule is CCCCc1nc(N(C)C(=O)CNC(=O)OC(C)(C)C)c(C(=O)OC)n1Cc1c2ccocc-2c(Br)c1-c1ccccc1-c1nnn(C(c2ccccc2)(c2ccccc2)c2ccccc2)n1. The number of ether oxygens (including phenoxy) is 2. The van der Waals surface area contributed by atoms with Crippen LogP contribution in [0.1, 0.15) is 79.1 Å². The van der Waals surface area contributed by atoms with Crippen molar-refractivity contribution in [1.82, 2.24) is 35.1 Å². The number of anilines is 1. The van der Waals surface area contributed by atoms with Gasteiger partial charge in [0.15, 0.2) is 17.1 Å². The Labute approximate surface area is 397 Å². The zero-order chi connectivity index (χ0) is 47.3. The molecule has 0 saturated heterocycles. The molecule has 14 nitrogen and oxygen atoms in total. The summed E-state index contributed by atoms with van der Waals surface area (Å²) in [6.07, 6.45) is 4.65. The predicted octanol–water partition coefficient (Wildman–Crippen LogP) is 10.2. The number of esters is 1. The summed E-state index contributed by atoms with van der Waals surface area (Å²) in [4.78, 5) is 48.1. The largest absolute Gasteiger partial charge is 0.472 e. The van der Waals surface area contributed by atoms with Crippen LogP contribution in [-0.2, 0) is 32.8 Å². The summed E-state index contributed by atoms with van der Waals surface area (Å²) >= 11 is 3.97. The summed E-state index contributed by atoms with van der Waals surface area (Å²) in [6.45, 7) is 7.02. The monoisotopic (exact) mass is 962 g/mol. The molecule has 6 aromatic rings. The van der Waals surface area contributed by atoms with Gasteiger partial charge in [0.2, 0.25) is 11.7 Å². The van der Waals surface area contributed by atoms with E-state index in [9.17, 15) is 14.4 Å². The van der Waals surface area contributed by atoms with Crippen LogP contribution in [-0.4, -0.2) is 74.0 Å². The fourth-order valence-electron chi connectivity index (χ4n) is 8.46. The van der Waals surface area contributed by atoms with E-state index in [0.29, 0.717) is 23.6 Å². The summed E-state index contributed by atoms with van der Waals surface area (Å²) in [7, 11) is 2.81. The van der Waals surface area contributed by atoms with Crippen LogP contribution in [0.4, 0.5) is 10.6 Å². The zero-order valence-corrected chi connectivity index (χ0v) is 39.8. The molecular weight excluding hydrogens is 913 g/mol. The molecule has 0 bridgehead atoms. The van der Waals surface area contributed by atoms with Crippen molar-refractivity contribution in [3.63, 3.8) is 0 Å². The van der Waals surface area contributed by atoms with Crippen molar-refractivity contribution in [3.8, 4) is 33.6 Å². The first-order chi connectivity index (χ1) is 32.4. The lowest BCUT2D eigenvalue weighted by molar-refractivity contribution is -0.117. The molecule has 1 aliphatic heterocycles. The number of nitrogens with one attached hydrogen (secondary N) is 1. The molecule has 1 aliphatic carbocycles. The number of tetrazole rings is 1. The minimum absolute atomic E-state index is 0.0794. The molecule has 2 aromatic heterocycles. The molecule has 0 atom stereocenters. The molecule has 0 saturated carbocycles. The van der Waals surface area contributed by atoms with Gasteiger partial charge in [0.25, 0.3) is 0 Å². The van der Waals surface area contributed by atoms with Crippen molar-refractivity contribution < 1.29 is 28.3 Å². The second kappa shape index (κ2) is 19.6. The van der Waals surface area contributed by atoms with E-state index in [0.717, 1.165) is 61.8 Å². The molecule has 1 N–H and O–H groups in total. The van der Waals surface area contributed by atoms with Gasteiger partial charge in [-0.2, -0.15) is 0 Å². The second-order valence-electron chi connectivity index (χ2n) is 17.0. The highest BCUT2D eigenvalue weighted by Crippen LogP contribution is 2.49. The Bertz CT molecular complexity index is 2880. The number of imidazole rings is 1. The molecule has 0 unspecified atom stereocenters. The zero-order valence-electron chi connectivity index (χ0n) is 38.2. The second-order valence-corrected chi connectivity index (χ2v) is 17.8. The van der Waals surface area contributed by atoms with Crippen LogP contribution in [0.15, 0.2) is 143 Å². The lowest BCUT2D eigenvalue weighted by Gasteiger charge is -2.34. The van der Waals surface area contributed by atoms with Crippen molar-refractivity contribution in [2.45, 2.75) is 64.6 Å². The number of carbonyl (C=O) groups is 3. The lowest BCUT2D eigenvalue weighted by Crippen LogP contribution is -2.41. The number of rotatable bonds is 15. The Hall–Kier alpha value is -7.39. The first-order valence-corrected chi connectivity index (χ1v) is 22.8. The van der Waals surface area contributed by atoms with Crippen molar-refractivity contribution in [1.29, 1.82) is 0 Å². The molecule has 0 radical (unpaired) electrons. The third-order valence-corrected chi connectivity index (χ3v) is 12.4. The van der Waals surface area contributed by atoms with Gasteiger partial charge in [-0.25, -0.2) is 14.6 Å². The summed E-state index contributed by atoms with van der Waals surface area (Å²) in [5.41, 5.74) is 5.97. The fourth-order valence-corrected chi connectivity index (χ4v) is 9.22. The van der Waals surface area contributed by atoms with Gasteiger partial charge in [0.1, 0.15) is 18.0 Å². The number of nitrogens with zero attached hydrogens (tertiary/aromatic N) is 7. The first-order valence-electron chi connectivity index (χ1n) is 22.0. The van der Waals surface area contributed by atoms with Crippen LogP contribution >= 0.6 is 15.9 Å². The Morgan fingerprint density at radius 3 is 1.99 bits per heavy atom. The van der Waals surface area contributed by atoms with Crippen LogP contribution < -0.4 is 10.2 Å². The van der Waals surface area contributed by atoms with E-state index >= 15 is 0 Å². The Kier molecular flexibility index (Phi) is 13.5. The summed E-state index contributed by atoms with van der Waals surface area (Å²) in [6, 6.07) is 40.3. The molecule has 67 heavy (non-hydrogen) atoms. The molecular formula is C52H51BrN8O6. The molecule has 3 heterocycles. The number of aryl methyl sites for hydroxylation is 1. The van der Waals surface area contributed by atoms with Gasteiger partial charge in [0, 0.05) is 34.6 Å². The maximum absolute atomic E-state index is 14.0. The van der Waals surface area contributed by atoms with Crippen molar-refractivity contribution in [3.05, 3.63) is 172 Å². The lowest BCUT2D eigenvalue weighted by atomic mass is 9.77. The topological polar surface area (TPSA) is 160 Å². The van der Waals surface area contributed by atoms with E-state index in [-0.39, 0.29) is 18.1 Å². The van der Waals surface area contributed by atoms with E-state index < -0.39 is 35.7 Å². The number of carbonyl (C=O) groups excluding carboxylic acids is 3. The Morgan fingerprint density at radius 1 is 0.806 bits per heavy atom. The normalized spacial score (nSPS) is 11.7. The third kappa shape index (κ3) is 9.11. The van der Waals surface area contributed by atoms with Crippen molar-refractivity contribution in [2.24, 2.45) is 0 Å². The van der Waals surface area contributed by atoms with Crippen molar-refractivity contribution in [2.75, 3.05) is 25.6 Å². The Morgan fingerprint density at radius 2 is 1.40 bits per heavy atom. The third-order valence-electron chi connectivity index (χ3n) is 11.5. The number of fused-ring (bicyclic) bond motifs is 1. The van der Waals surface area contributed by atoms with Crippen LogP contribution in [0.2, 0.25) is 0 Å². The van der Waals surface area contributed by atoms with Gasteiger partial charge < -0.3 is 23.8 Å². The molecule has 0 fully saturated rings. The van der Waals surface area contributed by atoms with E-state index in [1.54, 1.807) is 38.1 Å². The number of methoxy groups -OCH3 is 1. The van der Waals surface area contributed by atoms with E-state index in [2.05, 4.69) is 64.6 Å². The quantitative estimate of drug-likeness (QED) is 0.0774. The van der Waals surface area contributed by atoms with Gasteiger partial charge in [-0.05, 0) is 87.8 Å². The summed E-state index contributed by atoms with van der Waals surface area (Å²) in [5, 5.41) is 17.4. The van der Waals surface area contributed by atoms with Gasteiger partial charge >= 0.3 is 12.1 Å². The number of aromatic nitrogens is 6. The van der Waals surface area contributed by atoms with E-state index in [1.165, 1.54) is 19.1 Å². The highest BCUT2D eigenvalue weighted by Gasteiger charge is 2.41. The maximum atomic E-state index is 14.0. The van der Waals surface area contributed by atoms with Crippen LogP contribution in [0, 0.1) is 0 Å². The molecule has 4 aromatic carbocycles. The average Bonchev–Trinajstić information content (AvgIpc) is 4.05. The molecule has 8 rings (SSSR count). The van der Waals surface area contributed by atoms with Crippen molar-refractivity contribution >= 4 is 39.7 Å². The van der Waals surface area contributed by atoms with E-state index in [1.807, 2.05) is 89.5 Å². The standard InChI is InChI=1S/C52H51BrN8O6/c1-7-8-28-42-55-48(59(5)43(62)31-54-50(64)67-51(2,3)4)46(49(63)65-6)60(42)32-40-37-29-30-66-33-41(37)45(53)44(40)38-26-18-19-27-39(38)47-56-58-61(57-47)52(34-20-12-9-13-21-34,35-22-14-10-15-23-35)36-24-16-11-17-25-36/h9-27,29-30,33H,7-8,28,31-32H2,1-6H3,(H,54,64). The van der Waals surface area contributed by atoms with Gasteiger partial charge in [-0.15, -0.1) is 15.0 Å². The minimum atomic E-state index is -0.995. The molecule has 15 heteroatoms. The number of halogens is 1. The number of alkyl carbamates (subject to hydrolysis) is 1.